The molecule has 146 valence electrons. The van der Waals surface area contributed by atoms with Crippen molar-refractivity contribution in [3.8, 4) is 5.75 Å². The highest BCUT2D eigenvalue weighted by molar-refractivity contribution is 7.99. The number of methoxy groups -OCH3 is 2. The van der Waals surface area contributed by atoms with Crippen LogP contribution in [-0.4, -0.2) is 41.9 Å². The lowest BCUT2D eigenvalue weighted by Gasteiger charge is -2.12. The van der Waals surface area contributed by atoms with E-state index >= 15 is 0 Å². The van der Waals surface area contributed by atoms with E-state index < -0.39 is 0 Å². The van der Waals surface area contributed by atoms with Gasteiger partial charge in [-0.2, -0.15) is 0 Å². The van der Waals surface area contributed by atoms with Gasteiger partial charge in [0.1, 0.15) is 5.75 Å². The van der Waals surface area contributed by atoms with Gasteiger partial charge < -0.3 is 9.47 Å². The maximum absolute atomic E-state index is 12.9. The molecular weight excluding hydrogens is 400 g/mol. The zero-order valence-electron chi connectivity index (χ0n) is 15.5. The summed E-state index contributed by atoms with van der Waals surface area (Å²) in [5.74, 6) is 0.773. The van der Waals surface area contributed by atoms with Crippen molar-refractivity contribution in [1.29, 1.82) is 0 Å². The van der Waals surface area contributed by atoms with Crippen LogP contribution in [0.5, 0.6) is 5.75 Å². The number of ketones is 1. The van der Waals surface area contributed by atoms with E-state index in [0.717, 1.165) is 0 Å². The number of carbonyl (C=O) groups is 1. The first kappa shape index (κ1) is 20.4. The minimum absolute atomic E-state index is 0.0635. The Bertz CT molecular complexity index is 1050. The molecular formula is C20H19ClN2O4S. The van der Waals surface area contributed by atoms with Crippen molar-refractivity contribution in [2.45, 2.75) is 11.7 Å². The van der Waals surface area contributed by atoms with Gasteiger partial charge >= 0.3 is 0 Å². The van der Waals surface area contributed by atoms with Gasteiger partial charge in [-0.3, -0.25) is 14.2 Å². The maximum atomic E-state index is 12.9. The summed E-state index contributed by atoms with van der Waals surface area (Å²) in [6, 6.07) is 11.9. The van der Waals surface area contributed by atoms with Gasteiger partial charge in [0.05, 0.1) is 36.9 Å². The summed E-state index contributed by atoms with van der Waals surface area (Å²) in [4.78, 5) is 29.9. The number of carbonyl (C=O) groups excluding carboxylic acids is 1. The number of halogens is 1. The molecule has 0 fully saturated rings. The molecule has 3 rings (SSSR count). The molecule has 0 spiro atoms. The summed E-state index contributed by atoms with van der Waals surface area (Å²) >= 11 is 7.26. The van der Waals surface area contributed by atoms with Crippen LogP contribution in [0.15, 0.2) is 52.4 Å². The summed E-state index contributed by atoms with van der Waals surface area (Å²) in [6.07, 6.45) is 0. The van der Waals surface area contributed by atoms with Crippen LogP contribution in [0.4, 0.5) is 0 Å². The molecule has 0 bridgehead atoms. The third-order valence-corrected chi connectivity index (χ3v) is 5.36. The number of aromatic nitrogens is 2. The molecule has 8 heteroatoms. The topological polar surface area (TPSA) is 70.4 Å². The molecule has 1 aromatic heterocycles. The van der Waals surface area contributed by atoms with E-state index in [1.807, 2.05) is 0 Å². The van der Waals surface area contributed by atoms with E-state index in [9.17, 15) is 9.59 Å². The van der Waals surface area contributed by atoms with Crippen LogP contribution in [0, 0.1) is 0 Å². The second kappa shape index (κ2) is 9.23. The first-order valence-electron chi connectivity index (χ1n) is 8.52. The van der Waals surface area contributed by atoms with Gasteiger partial charge in [0.15, 0.2) is 10.9 Å². The van der Waals surface area contributed by atoms with Crippen LogP contribution in [-0.2, 0) is 11.3 Å². The molecule has 0 saturated carbocycles. The minimum Gasteiger partial charge on any atom is -0.497 e. The molecule has 1 heterocycles. The van der Waals surface area contributed by atoms with E-state index in [2.05, 4.69) is 4.98 Å². The van der Waals surface area contributed by atoms with Gasteiger partial charge in [-0.25, -0.2) is 4.98 Å². The standard InChI is InChI=1S/C20H19ClN2O4S/c1-26-10-9-23-19(25)16-8-5-14(21)11-17(16)22-20(23)28-12-18(24)13-3-6-15(27-2)7-4-13/h3-8,11H,9-10,12H2,1-2H3. The Hall–Kier alpha value is -2.35. The number of hydrogen-bond acceptors (Lipinski definition) is 6. The van der Waals surface area contributed by atoms with E-state index in [1.165, 1.54) is 16.3 Å². The first-order chi connectivity index (χ1) is 13.5. The van der Waals surface area contributed by atoms with Gasteiger partial charge in [0.25, 0.3) is 5.56 Å². The van der Waals surface area contributed by atoms with E-state index in [1.54, 1.807) is 56.7 Å². The Labute approximate surface area is 171 Å². The highest BCUT2D eigenvalue weighted by Gasteiger charge is 2.14. The van der Waals surface area contributed by atoms with Crippen molar-refractivity contribution in [3.63, 3.8) is 0 Å². The number of benzene rings is 2. The van der Waals surface area contributed by atoms with Gasteiger partial charge in [0.2, 0.25) is 0 Å². The molecule has 6 nitrogen and oxygen atoms in total. The number of ether oxygens (including phenoxy) is 2. The van der Waals surface area contributed by atoms with Crippen LogP contribution in [0.1, 0.15) is 10.4 Å². The van der Waals surface area contributed by atoms with E-state index in [4.69, 9.17) is 21.1 Å². The molecule has 0 atom stereocenters. The fourth-order valence-electron chi connectivity index (χ4n) is 2.65. The second-order valence-corrected chi connectivity index (χ2v) is 7.32. The lowest BCUT2D eigenvalue weighted by molar-refractivity contribution is 0.102. The molecule has 0 saturated heterocycles. The maximum Gasteiger partial charge on any atom is 0.262 e. The Balaban J connectivity index is 1.89. The average molecular weight is 419 g/mol. The Morgan fingerprint density at radius 3 is 2.61 bits per heavy atom. The predicted octanol–water partition coefficient (Wildman–Crippen LogP) is 3.68. The summed E-state index contributed by atoms with van der Waals surface area (Å²) in [5, 5.41) is 1.43. The summed E-state index contributed by atoms with van der Waals surface area (Å²) in [7, 11) is 3.14. The monoisotopic (exact) mass is 418 g/mol. The summed E-state index contributed by atoms with van der Waals surface area (Å²) in [5.41, 5.74) is 0.895. The molecule has 0 aliphatic carbocycles. The van der Waals surface area contributed by atoms with E-state index in [0.29, 0.717) is 45.5 Å². The van der Waals surface area contributed by atoms with Crippen molar-refractivity contribution in [3.05, 3.63) is 63.4 Å². The van der Waals surface area contributed by atoms with Crippen LogP contribution in [0.25, 0.3) is 10.9 Å². The summed E-state index contributed by atoms with van der Waals surface area (Å²) < 4.78 is 11.7. The number of hydrogen-bond donors (Lipinski definition) is 0. The van der Waals surface area contributed by atoms with Crippen molar-refractivity contribution < 1.29 is 14.3 Å². The smallest absolute Gasteiger partial charge is 0.262 e. The van der Waals surface area contributed by atoms with Gasteiger partial charge in [-0.15, -0.1) is 0 Å². The molecule has 2 aromatic carbocycles. The lowest BCUT2D eigenvalue weighted by Crippen LogP contribution is -2.25. The molecule has 0 amide bonds. The number of rotatable bonds is 8. The minimum atomic E-state index is -0.182. The molecule has 0 aliphatic heterocycles. The molecule has 0 N–H and O–H groups in total. The van der Waals surface area contributed by atoms with Crippen molar-refractivity contribution in [2.75, 3.05) is 26.6 Å². The van der Waals surface area contributed by atoms with Gasteiger partial charge in [-0.1, -0.05) is 23.4 Å². The lowest BCUT2D eigenvalue weighted by atomic mass is 10.1. The van der Waals surface area contributed by atoms with Crippen molar-refractivity contribution in [2.24, 2.45) is 0 Å². The Morgan fingerprint density at radius 2 is 1.93 bits per heavy atom. The van der Waals surface area contributed by atoms with E-state index in [-0.39, 0.29) is 17.1 Å². The van der Waals surface area contributed by atoms with Gasteiger partial charge in [0, 0.05) is 17.7 Å². The fraction of sp³-hybridized carbons (Fsp3) is 0.250. The Kier molecular flexibility index (Phi) is 6.72. The van der Waals surface area contributed by atoms with Crippen molar-refractivity contribution in [1.82, 2.24) is 9.55 Å². The zero-order chi connectivity index (χ0) is 20.1. The molecule has 0 aliphatic rings. The largest absolute Gasteiger partial charge is 0.497 e. The highest BCUT2D eigenvalue weighted by Crippen LogP contribution is 2.22. The SMILES string of the molecule is COCCn1c(SCC(=O)c2ccc(OC)cc2)nc2cc(Cl)ccc2c1=O. The molecule has 3 aromatic rings. The summed E-state index contributed by atoms with van der Waals surface area (Å²) in [6.45, 7) is 0.709. The molecule has 0 radical (unpaired) electrons. The van der Waals surface area contributed by atoms with Crippen LogP contribution < -0.4 is 10.3 Å². The Morgan fingerprint density at radius 1 is 1.18 bits per heavy atom. The van der Waals surface area contributed by atoms with Crippen LogP contribution in [0.2, 0.25) is 5.02 Å². The zero-order valence-corrected chi connectivity index (χ0v) is 17.0. The highest BCUT2D eigenvalue weighted by atomic mass is 35.5. The fourth-order valence-corrected chi connectivity index (χ4v) is 3.74. The number of thioether (sulfide) groups is 1. The normalized spacial score (nSPS) is 11.0. The quantitative estimate of drug-likeness (QED) is 0.316. The number of nitrogens with zero attached hydrogens (tertiary/aromatic N) is 2. The predicted molar refractivity (Wildman–Crippen MR) is 111 cm³/mol. The van der Waals surface area contributed by atoms with Gasteiger partial charge in [-0.05, 0) is 42.5 Å². The van der Waals surface area contributed by atoms with Crippen LogP contribution in [0.3, 0.4) is 0 Å². The third kappa shape index (κ3) is 4.55. The molecule has 28 heavy (non-hydrogen) atoms. The first-order valence-corrected chi connectivity index (χ1v) is 9.89. The number of Topliss-reactive ketones (excluding diaryl/α,β-unsaturated/α-hetero) is 1. The molecule has 0 unspecified atom stereocenters. The number of fused-ring (bicyclic) bond motifs is 1. The van der Waals surface area contributed by atoms with Crippen molar-refractivity contribution >= 4 is 40.0 Å². The second-order valence-electron chi connectivity index (χ2n) is 5.95. The average Bonchev–Trinajstić information content (AvgIpc) is 2.71. The van der Waals surface area contributed by atoms with Crippen LogP contribution >= 0.6 is 23.4 Å². The third-order valence-electron chi connectivity index (χ3n) is 4.15.